The Morgan fingerprint density at radius 1 is 1.19 bits per heavy atom. The molecule has 1 aliphatic rings. The van der Waals surface area contributed by atoms with Crippen LogP contribution in [0.1, 0.15) is 28.9 Å². The maximum Gasteiger partial charge on any atom is 0.261 e. The second-order valence-corrected chi connectivity index (χ2v) is 8.25. The van der Waals surface area contributed by atoms with E-state index in [4.69, 9.17) is 4.74 Å². The van der Waals surface area contributed by atoms with Crippen LogP contribution in [-0.2, 0) is 22.8 Å². The van der Waals surface area contributed by atoms with E-state index in [0.29, 0.717) is 29.9 Å². The molecule has 1 amide bonds. The third kappa shape index (κ3) is 3.50. The lowest BCUT2D eigenvalue weighted by Gasteiger charge is -2.22. The number of carbonyl (C=O) groups excluding carboxylic acids is 1. The summed E-state index contributed by atoms with van der Waals surface area (Å²) in [6, 6.07) is 7.27. The number of rotatable bonds is 4. The second kappa shape index (κ2) is 6.95. The number of carbonyl (C=O) groups is 1. The summed E-state index contributed by atoms with van der Waals surface area (Å²) < 4.78 is 29.9. The van der Waals surface area contributed by atoms with Gasteiger partial charge in [0.25, 0.3) is 11.5 Å². The minimum Gasteiger partial charge on any atom is -0.496 e. The van der Waals surface area contributed by atoms with Crippen LogP contribution in [0.15, 0.2) is 40.0 Å². The fourth-order valence-corrected chi connectivity index (χ4v) is 3.75. The van der Waals surface area contributed by atoms with Gasteiger partial charge in [0.1, 0.15) is 11.3 Å². The number of ether oxygens (including phenoxy) is 1. The normalized spacial score (nSPS) is 13.8. The number of nitrogens with zero attached hydrogens (tertiary/aromatic N) is 1. The molecule has 2 aromatic rings. The lowest BCUT2D eigenvalue weighted by Crippen LogP contribution is -2.30. The van der Waals surface area contributed by atoms with Crippen LogP contribution in [0.3, 0.4) is 0 Å². The lowest BCUT2D eigenvalue weighted by molar-refractivity contribution is 0.102. The number of hydrogen-bond donors (Lipinski definition) is 1. The summed E-state index contributed by atoms with van der Waals surface area (Å²) in [5.41, 5.74) is 1.31. The number of anilines is 1. The molecule has 0 radical (unpaired) electrons. The number of fused-ring (bicyclic) bond motifs is 1. The molecule has 7 nitrogen and oxygen atoms in total. The first-order chi connectivity index (χ1) is 12.3. The van der Waals surface area contributed by atoms with E-state index in [9.17, 15) is 18.0 Å². The van der Waals surface area contributed by atoms with Gasteiger partial charge in [-0.1, -0.05) is 0 Å². The molecular weight excluding hydrogens is 356 g/mol. The van der Waals surface area contributed by atoms with Crippen LogP contribution in [0.2, 0.25) is 0 Å². The van der Waals surface area contributed by atoms with E-state index in [0.717, 1.165) is 19.1 Å². The van der Waals surface area contributed by atoms with Crippen LogP contribution in [0, 0.1) is 0 Å². The van der Waals surface area contributed by atoms with E-state index in [1.54, 1.807) is 4.57 Å². The smallest absolute Gasteiger partial charge is 0.261 e. The molecule has 1 aromatic carbocycles. The number of sulfone groups is 1. The summed E-state index contributed by atoms with van der Waals surface area (Å²) >= 11 is 0. The third-order valence-electron chi connectivity index (χ3n) is 4.41. The van der Waals surface area contributed by atoms with Crippen molar-refractivity contribution < 1.29 is 17.9 Å². The van der Waals surface area contributed by atoms with Crippen LogP contribution in [0.25, 0.3) is 0 Å². The quantitative estimate of drug-likeness (QED) is 0.879. The average Bonchev–Trinajstić information content (AvgIpc) is 2.61. The molecule has 3 rings (SSSR count). The fraction of sp³-hybridized carbons (Fsp3) is 0.333. The molecule has 0 atom stereocenters. The van der Waals surface area contributed by atoms with E-state index >= 15 is 0 Å². The van der Waals surface area contributed by atoms with Gasteiger partial charge >= 0.3 is 0 Å². The van der Waals surface area contributed by atoms with E-state index in [2.05, 4.69) is 5.32 Å². The third-order valence-corrected chi connectivity index (χ3v) is 5.54. The molecular formula is C18H20N2O5S. The van der Waals surface area contributed by atoms with E-state index < -0.39 is 9.84 Å². The number of methoxy groups -OCH3 is 1. The summed E-state index contributed by atoms with van der Waals surface area (Å²) in [7, 11) is -1.88. The average molecular weight is 376 g/mol. The van der Waals surface area contributed by atoms with Crippen LogP contribution in [0.5, 0.6) is 5.75 Å². The van der Waals surface area contributed by atoms with Gasteiger partial charge in [0, 0.05) is 30.2 Å². The SMILES string of the molecule is COc1cc(=O)n2c(c1C(=O)Nc1ccc(S(C)(=O)=O)cc1)CCCC2. The van der Waals surface area contributed by atoms with Gasteiger partial charge in [-0.15, -0.1) is 0 Å². The highest BCUT2D eigenvalue weighted by Gasteiger charge is 2.24. The van der Waals surface area contributed by atoms with Gasteiger partial charge in [-0.2, -0.15) is 0 Å². The molecule has 0 bridgehead atoms. The van der Waals surface area contributed by atoms with Crippen LogP contribution in [0.4, 0.5) is 5.69 Å². The van der Waals surface area contributed by atoms with Crippen molar-refractivity contribution in [3.63, 3.8) is 0 Å². The van der Waals surface area contributed by atoms with Gasteiger partial charge in [-0.25, -0.2) is 8.42 Å². The Hall–Kier alpha value is -2.61. The number of hydrogen-bond acceptors (Lipinski definition) is 5. The Kier molecular flexibility index (Phi) is 4.86. The van der Waals surface area contributed by atoms with Crippen molar-refractivity contribution in [1.82, 2.24) is 4.57 Å². The predicted octanol–water partition coefficient (Wildman–Crippen LogP) is 1.85. The van der Waals surface area contributed by atoms with Crippen molar-refractivity contribution in [3.05, 3.63) is 51.9 Å². The predicted molar refractivity (Wildman–Crippen MR) is 97.7 cm³/mol. The highest BCUT2D eigenvalue weighted by atomic mass is 32.2. The van der Waals surface area contributed by atoms with Gasteiger partial charge < -0.3 is 14.6 Å². The summed E-state index contributed by atoms with van der Waals surface area (Å²) in [5.74, 6) is -0.145. The zero-order valence-electron chi connectivity index (χ0n) is 14.6. The van der Waals surface area contributed by atoms with Gasteiger partial charge in [0.2, 0.25) is 0 Å². The number of pyridine rings is 1. The molecule has 0 unspecified atom stereocenters. The van der Waals surface area contributed by atoms with Crippen LogP contribution < -0.4 is 15.6 Å². The fourth-order valence-electron chi connectivity index (χ4n) is 3.12. The van der Waals surface area contributed by atoms with Gasteiger partial charge in [-0.05, 0) is 43.5 Å². The molecule has 0 spiro atoms. The first-order valence-electron chi connectivity index (χ1n) is 8.23. The zero-order valence-corrected chi connectivity index (χ0v) is 15.4. The molecule has 1 aromatic heterocycles. The van der Waals surface area contributed by atoms with Crippen molar-refractivity contribution >= 4 is 21.4 Å². The Morgan fingerprint density at radius 2 is 1.88 bits per heavy atom. The Morgan fingerprint density at radius 3 is 2.50 bits per heavy atom. The largest absolute Gasteiger partial charge is 0.496 e. The highest BCUT2D eigenvalue weighted by molar-refractivity contribution is 7.90. The molecule has 1 aliphatic heterocycles. The number of benzene rings is 1. The Balaban J connectivity index is 1.96. The van der Waals surface area contributed by atoms with E-state index in [1.165, 1.54) is 37.4 Å². The molecule has 0 saturated heterocycles. The zero-order chi connectivity index (χ0) is 18.9. The van der Waals surface area contributed by atoms with Crippen molar-refractivity contribution in [2.75, 3.05) is 18.7 Å². The Bertz CT molecular complexity index is 1010. The molecule has 8 heteroatoms. The van der Waals surface area contributed by atoms with Crippen molar-refractivity contribution in [2.45, 2.75) is 30.7 Å². The summed E-state index contributed by atoms with van der Waals surface area (Å²) in [5, 5.41) is 2.75. The number of amides is 1. The molecule has 2 heterocycles. The second-order valence-electron chi connectivity index (χ2n) is 6.23. The molecule has 0 aliphatic carbocycles. The van der Waals surface area contributed by atoms with Gasteiger partial charge in [0.05, 0.1) is 12.0 Å². The van der Waals surface area contributed by atoms with E-state index in [-0.39, 0.29) is 22.1 Å². The first kappa shape index (κ1) is 18.2. The maximum absolute atomic E-state index is 12.8. The monoisotopic (exact) mass is 376 g/mol. The molecule has 0 fully saturated rings. The Labute approximate surface area is 151 Å². The van der Waals surface area contributed by atoms with Crippen molar-refractivity contribution in [3.8, 4) is 5.75 Å². The summed E-state index contributed by atoms with van der Waals surface area (Å²) in [4.78, 5) is 25.2. The van der Waals surface area contributed by atoms with Crippen molar-refractivity contribution in [2.24, 2.45) is 0 Å². The van der Waals surface area contributed by atoms with Gasteiger partial charge in [-0.3, -0.25) is 9.59 Å². The first-order valence-corrected chi connectivity index (χ1v) is 10.1. The summed E-state index contributed by atoms with van der Waals surface area (Å²) in [6.45, 7) is 0.585. The standard InChI is InChI=1S/C18H20N2O5S/c1-25-15-11-16(21)20-10-4-3-5-14(20)17(15)18(22)19-12-6-8-13(9-7-12)26(2,23)24/h6-9,11H,3-5,10H2,1-2H3,(H,19,22). The topological polar surface area (TPSA) is 94.5 Å². The molecule has 0 saturated carbocycles. The van der Waals surface area contributed by atoms with Crippen LogP contribution >= 0.6 is 0 Å². The van der Waals surface area contributed by atoms with Crippen molar-refractivity contribution in [1.29, 1.82) is 0 Å². The van der Waals surface area contributed by atoms with Gasteiger partial charge in [0.15, 0.2) is 9.84 Å². The lowest BCUT2D eigenvalue weighted by atomic mass is 10.0. The molecule has 138 valence electrons. The highest BCUT2D eigenvalue weighted by Crippen LogP contribution is 2.26. The maximum atomic E-state index is 12.8. The minimum absolute atomic E-state index is 0.175. The van der Waals surface area contributed by atoms with E-state index in [1.807, 2.05) is 0 Å². The number of nitrogens with one attached hydrogen (secondary N) is 1. The van der Waals surface area contributed by atoms with Crippen LogP contribution in [-0.4, -0.2) is 32.3 Å². The molecule has 26 heavy (non-hydrogen) atoms. The summed E-state index contributed by atoms with van der Waals surface area (Å²) in [6.07, 6.45) is 3.55. The molecule has 1 N–H and O–H groups in total. The minimum atomic E-state index is -3.30. The number of aromatic nitrogens is 1.